The van der Waals surface area contributed by atoms with Gasteiger partial charge in [0.15, 0.2) is 0 Å². The summed E-state index contributed by atoms with van der Waals surface area (Å²) in [5, 5.41) is 0. The second-order valence-corrected chi connectivity index (χ2v) is 8.40. The summed E-state index contributed by atoms with van der Waals surface area (Å²) in [7, 11) is 0. The van der Waals surface area contributed by atoms with Crippen LogP contribution in [-0.2, 0) is 19.1 Å². The summed E-state index contributed by atoms with van der Waals surface area (Å²) in [4.78, 5) is 31.4. The number of rotatable bonds is 5. The van der Waals surface area contributed by atoms with Crippen molar-refractivity contribution >= 4 is 36.6 Å². The van der Waals surface area contributed by atoms with Crippen molar-refractivity contribution in [2.24, 2.45) is 11.1 Å². The molecule has 170 valence electrons. The van der Waals surface area contributed by atoms with Gasteiger partial charge in [-0.15, -0.1) is 24.8 Å². The zero-order chi connectivity index (χ0) is 19.7. The Morgan fingerprint density at radius 1 is 1.03 bits per heavy atom. The quantitative estimate of drug-likeness (QED) is 0.645. The van der Waals surface area contributed by atoms with Gasteiger partial charge in [0.2, 0.25) is 11.8 Å². The maximum Gasteiger partial charge on any atom is 0.243 e. The number of carbonyl (C=O) groups excluding carboxylic acids is 2. The van der Waals surface area contributed by atoms with Crippen LogP contribution in [0.4, 0.5) is 0 Å². The van der Waals surface area contributed by atoms with E-state index in [4.69, 9.17) is 15.2 Å². The molecule has 0 spiro atoms. The number of halogens is 2. The summed E-state index contributed by atoms with van der Waals surface area (Å²) in [6.45, 7) is 12.2. The summed E-state index contributed by atoms with van der Waals surface area (Å²) in [6, 6.07) is 0. The van der Waals surface area contributed by atoms with Gasteiger partial charge in [0, 0.05) is 57.7 Å². The standard InChI is InChI=1S/C19H34N4O4.2ClH/c1-4-27-15-13-19(20,18(15,2)3)17(25)23-7-5-22(6-8-23)16(24)14-21-9-11-26-12-10-21;;/h15H,4-14,20H2,1-3H3;2*1H. The van der Waals surface area contributed by atoms with E-state index < -0.39 is 5.54 Å². The first-order valence-electron chi connectivity index (χ1n) is 10.1. The second kappa shape index (κ2) is 10.6. The van der Waals surface area contributed by atoms with Gasteiger partial charge >= 0.3 is 0 Å². The van der Waals surface area contributed by atoms with Gasteiger partial charge in [-0.2, -0.15) is 0 Å². The highest BCUT2D eigenvalue weighted by Gasteiger charge is 2.63. The number of piperazine rings is 1. The fourth-order valence-electron chi connectivity index (χ4n) is 4.29. The molecule has 1 saturated carbocycles. The number of hydrogen-bond donors (Lipinski definition) is 1. The molecule has 29 heavy (non-hydrogen) atoms. The maximum absolute atomic E-state index is 13.1. The van der Waals surface area contributed by atoms with E-state index in [-0.39, 0.29) is 48.1 Å². The van der Waals surface area contributed by atoms with Gasteiger partial charge in [-0.1, -0.05) is 13.8 Å². The van der Waals surface area contributed by atoms with Crippen LogP contribution in [0.3, 0.4) is 0 Å². The molecule has 2 saturated heterocycles. The molecule has 2 amide bonds. The molecule has 2 heterocycles. The Hall–Kier alpha value is -0.640. The molecule has 10 heteroatoms. The summed E-state index contributed by atoms with van der Waals surface area (Å²) in [5.74, 6) is 0.121. The molecule has 2 aliphatic heterocycles. The summed E-state index contributed by atoms with van der Waals surface area (Å²) in [5.41, 5.74) is 5.26. The lowest BCUT2D eigenvalue weighted by Gasteiger charge is -2.59. The van der Waals surface area contributed by atoms with Gasteiger partial charge in [-0.05, 0) is 6.92 Å². The highest BCUT2D eigenvalue weighted by Crippen LogP contribution is 2.50. The van der Waals surface area contributed by atoms with Gasteiger partial charge in [0.05, 0.1) is 25.9 Å². The number of hydrogen-bond acceptors (Lipinski definition) is 6. The molecule has 3 rings (SSSR count). The van der Waals surface area contributed by atoms with Gasteiger partial charge in [-0.3, -0.25) is 14.5 Å². The van der Waals surface area contributed by atoms with Crippen LogP contribution in [0.15, 0.2) is 0 Å². The van der Waals surface area contributed by atoms with Crippen LogP contribution in [-0.4, -0.2) is 104 Å². The minimum atomic E-state index is -0.882. The molecule has 0 radical (unpaired) electrons. The van der Waals surface area contributed by atoms with E-state index in [1.165, 1.54) is 0 Å². The van der Waals surface area contributed by atoms with Crippen molar-refractivity contribution in [2.75, 3.05) is 65.6 Å². The van der Waals surface area contributed by atoms with E-state index in [1.807, 2.05) is 30.6 Å². The van der Waals surface area contributed by atoms with Crippen molar-refractivity contribution < 1.29 is 19.1 Å². The van der Waals surface area contributed by atoms with E-state index in [9.17, 15) is 9.59 Å². The molecule has 2 atom stereocenters. The van der Waals surface area contributed by atoms with Gasteiger partial charge in [-0.25, -0.2) is 0 Å². The molecule has 0 bridgehead atoms. The maximum atomic E-state index is 13.1. The molecule has 3 fully saturated rings. The predicted octanol–water partition coefficient (Wildman–Crippen LogP) is 0.366. The van der Waals surface area contributed by atoms with Crippen molar-refractivity contribution in [3.8, 4) is 0 Å². The number of amides is 2. The third kappa shape index (κ3) is 5.17. The Kier molecular flexibility index (Phi) is 9.64. The van der Waals surface area contributed by atoms with Crippen LogP contribution < -0.4 is 5.73 Å². The highest BCUT2D eigenvalue weighted by atomic mass is 35.5. The van der Waals surface area contributed by atoms with Crippen LogP contribution in [0, 0.1) is 5.41 Å². The van der Waals surface area contributed by atoms with E-state index in [0.29, 0.717) is 59.0 Å². The van der Waals surface area contributed by atoms with Crippen LogP contribution in [0.1, 0.15) is 27.2 Å². The smallest absolute Gasteiger partial charge is 0.243 e. The van der Waals surface area contributed by atoms with Crippen molar-refractivity contribution in [1.29, 1.82) is 0 Å². The monoisotopic (exact) mass is 454 g/mol. The van der Waals surface area contributed by atoms with Crippen molar-refractivity contribution in [3.05, 3.63) is 0 Å². The first kappa shape index (κ1) is 26.4. The van der Waals surface area contributed by atoms with Gasteiger partial charge in [0.25, 0.3) is 0 Å². The third-order valence-corrected chi connectivity index (χ3v) is 6.59. The van der Waals surface area contributed by atoms with Gasteiger partial charge < -0.3 is 25.0 Å². The summed E-state index contributed by atoms with van der Waals surface area (Å²) >= 11 is 0. The lowest BCUT2D eigenvalue weighted by molar-refractivity contribution is -0.180. The van der Waals surface area contributed by atoms with Crippen molar-refractivity contribution in [2.45, 2.75) is 38.8 Å². The molecule has 2 unspecified atom stereocenters. The van der Waals surface area contributed by atoms with Crippen LogP contribution in [0.2, 0.25) is 0 Å². The zero-order valence-corrected chi connectivity index (χ0v) is 19.4. The van der Waals surface area contributed by atoms with Crippen molar-refractivity contribution in [1.82, 2.24) is 14.7 Å². The number of nitrogens with zero attached hydrogens (tertiary/aromatic N) is 3. The lowest BCUT2D eigenvalue weighted by atomic mass is 9.54. The largest absolute Gasteiger partial charge is 0.379 e. The van der Waals surface area contributed by atoms with Gasteiger partial charge in [0.1, 0.15) is 5.54 Å². The molecule has 2 N–H and O–H groups in total. The highest BCUT2D eigenvalue weighted by molar-refractivity contribution is 5.89. The topological polar surface area (TPSA) is 88.3 Å². The summed E-state index contributed by atoms with van der Waals surface area (Å²) in [6.07, 6.45) is 0.580. The van der Waals surface area contributed by atoms with E-state index in [0.717, 1.165) is 13.1 Å². The fourth-order valence-corrected chi connectivity index (χ4v) is 4.29. The van der Waals surface area contributed by atoms with Crippen molar-refractivity contribution in [3.63, 3.8) is 0 Å². The Labute approximate surface area is 186 Å². The van der Waals surface area contributed by atoms with E-state index in [2.05, 4.69) is 4.90 Å². The van der Waals surface area contributed by atoms with Crippen LogP contribution in [0.5, 0.6) is 0 Å². The third-order valence-electron chi connectivity index (χ3n) is 6.59. The Balaban J connectivity index is 0.00000210. The van der Waals surface area contributed by atoms with E-state index >= 15 is 0 Å². The minimum absolute atomic E-state index is 0. The Morgan fingerprint density at radius 3 is 2.10 bits per heavy atom. The lowest BCUT2D eigenvalue weighted by Crippen LogP contribution is -2.76. The molecule has 0 aromatic rings. The second-order valence-electron chi connectivity index (χ2n) is 8.40. The molecule has 0 aromatic heterocycles. The van der Waals surface area contributed by atoms with E-state index in [1.54, 1.807) is 0 Å². The molecule has 8 nitrogen and oxygen atoms in total. The first-order chi connectivity index (χ1) is 12.8. The fraction of sp³-hybridized carbons (Fsp3) is 0.895. The normalized spacial score (nSPS) is 29.3. The van der Waals surface area contributed by atoms with Crippen LogP contribution in [0.25, 0.3) is 0 Å². The Bertz CT molecular complexity index is 566. The van der Waals surface area contributed by atoms with Crippen LogP contribution >= 0.6 is 24.8 Å². The predicted molar refractivity (Wildman–Crippen MR) is 116 cm³/mol. The Morgan fingerprint density at radius 2 is 1.59 bits per heavy atom. The number of nitrogens with two attached hydrogens (primary N) is 1. The number of carbonyl (C=O) groups is 2. The average molecular weight is 455 g/mol. The number of morpholine rings is 1. The first-order valence-corrected chi connectivity index (χ1v) is 10.1. The summed E-state index contributed by atoms with van der Waals surface area (Å²) < 4.78 is 11.1. The average Bonchev–Trinajstić information content (AvgIpc) is 2.68. The molecular weight excluding hydrogens is 419 g/mol. The molecule has 0 aromatic carbocycles. The minimum Gasteiger partial charge on any atom is -0.379 e. The molecular formula is C19H36Cl2N4O4. The molecule has 1 aliphatic carbocycles. The SMILES string of the molecule is CCOC1CC(N)(C(=O)N2CCN(C(=O)CN3CCOCC3)CC2)C1(C)C.Cl.Cl. The number of ether oxygens (including phenoxy) is 2. The zero-order valence-electron chi connectivity index (χ0n) is 17.7. The molecule has 3 aliphatic rings.